The second-order valence-electron chi connectivity index (χ2n) is 6.98. The third-order valence-electron chi connectivity index (χ3n) is 5.07. The van der Waals surface area contributed by atoms with Crippen LogP contribution >= 0.6 is 0 Å². The number of methoxy groups -OCH3 is 1. The minimum absolute atomic E-state index is 0.0345. The van der Waals surface area contributed by atoms with Crippen molar-refractivity contribution in [1.82, 2.24) is 10.2 Å². The van der Waals surface area contributed by atoms with Crippen molar-refractivity contribution in [3.63, 3.8) is 0 Å². The molecule has 6 nitrogen and oxygen atoms in total. The summed E-state index contributed by atoms with van der Waals surface area (Å²) in [6, 6.07) is 11.9. The normalized spacial score (nSPS) is 14.8. The number of hydrogen-bond donors (Lipinski definition) is 1. The Labute approximate surface area is 160 Å². The van der Waals surface area contributed by atoms with Crippen molar-refractivity contribution in [3.8, 4) is 5.88 Å². The highest BCUT2D eigenvalue weighted by Crippen LogP contribution is 2.23. The number of hydrogen-bond acceptors (Lipinski definition) is 5. The molecule has 6 heteroatoms. The van der Waals surface area contributed by atoms with Gasteiger partial charge in [-0.15, -0.1) is 10.2 Å². The van der Waals surface area contributed by atoms with Crippen LogP contribution in [0.25, 0.3) is 0 Å². The number of aryl methyl sites for hydroxylation is 1. The Balaban J connectivity index is 1.49. The third kappa shape index (κ3) is 5.18. The van der Waals surface area contributed by atoms with Crippen LogP contribution in [0.2, 0.25) is 0 Å². The number of nitrogens with zero attached hydrogens (tertiary/aromatic N) is 3. The summed E-state index contributed by atoms with van der Waals surface area (Å²) in [5.41, 5.74) is 2.20. The first-order valence-corrected chi connectivity index (χ1v) is 9.72. The van der Waals surface area contributed by atoms with Crippen molar-refractivity contribution in [2.24, 2.45) is 5.92 Å². The van der Waals surface area contributed by atoms with Crippen molar-refractivity contribution < 1.29 is 9.53 Å². The molecular formula is C21H28N4O2. The van der Waals surface area contributed by atoms with Crippen molar-refractivity contribution in [2.75, 3.05) is 30.4 Å². The summed E-state index contributed by atoms with van der Waals surface area (Å²) in [6.45, 7) is 3.80. The molecule has 1 aromatic carbocycles. The molecule has 1 aliphatic rings. The van der Waals surface area contributed by atoms with Crippen LogP contribution < -0.4 is 15.0 Å². The molecule has 1 N–H and O–H groups in total. The molecule has 0 radical (unpaired) electrons. The van der Waals surface area contributed by atoms with Crippen LogP contribution in [-0.4, -0.2) is 36.3 Å². The van der Waals surface area contributed by atoms with Crippen molar-refractivity contribution in [2.45, 2.75) is 39.0 Å². The molecule has 0 spiro atoms. The van der Waals surface area contributed by atoms with Crippen LogP contribution in [0, 0.1) is 5.92 Å². The quantitative estimate of drug-likeness (QED) is 0.807. The molecule has 144 valence electrons. The molecule has 1 saturated heterocycles. The zero-order chi connectivity index (χ0) is 19.1. The van der Waals surface area contributed by atoms with E-state index in [1.165, 1.54) is 18.4 Å². The van der Waals surface area contributed by atoms with E-state index in [9.17, 15) is 4.79 Å². The molecule has 0 bridgehead atoms. The van der Waals surface area contributed by atoms with Crippen LogP contribution in [-0.2, 0) is 11.2 Å². The van der Waals surface area contributed by atoms with Gasteiger partial charge in [0.1, 0.15) is 0 Å². The maximum Gasteiger partial charge on any atom is 0.233 e. The standard InChI is InChI=1S/C21H28N4O2/c1-3-4-5-16-6-8-18(9-7-16)22-21(26)17-12-14-25(15-13-17)19-10-11-20(27-2)24-23-19/h6-11,17H,3-5,12-15H2,1-2H3,(H,22,26). The van der Waals surface area contributed by atoms with Gasteiger partial charge in [0, 0.05) is 30.8 Å². The molecule has 27 heavy (non-hydrogen) atoms. The predicted molar refractivity (Wildman–Crippen MR) is 107 cm³/mol. The second kappa shape index (κ2) is 9.35. The van der Waals surface area contributed by atoms with Crippen molar-refractivity contribution in [3.05, 3.63) is 42.0 Å². The van der Waals surface area contributed by atoms with Crippen LogP contribution in [0.4, 0.5) is 11.5 Å². The summed E-state index contributed by atoms with van der Waals surface area (Å²) in [4.78, 5) is 14.7. The molecule has 2 aromatic rings. The van der Waals surface area contributed by atoms with Crippen LogP contribution in [0.3, 0.4) is 0 Å². The zero-order valence-electron chi connectivity index (χ0n) is 16.1. The van der Waals surface area contributed by atoms with E-state index < -0.39 is 0 Å². The number of carbonyl (C=O) groups is 1. The summed E-state index contributed by atoms with van der Waals surface area (Å²) < 4.78 is 5.04. The predicted octanol–water partition coefficient (Wildman–Crippen LogP) is 3.68. The average Bonchev–Trinajstić information content (AvgIpc) is 2.73. The fraction of sp³-hybridized carbons (Fsp3) is 0.476. The number of piperidine rings is 1. The molecule has 0 aliphatic carbocycles. The SMILES string of the molecule is CCCCc1ccc(NC(=O)C2CCN(c3ccc(OC)nn3)CC2)cc1. The molecule has 0 atom stereocenters. The molecule has 2 heterocycles. The number of unbranched alkanes of at least 4 members (excludes halogenated alkanes) is 1. The number of rotatable bonds is 7. The minimum Gasteiger partial charge on any atom is -0.480 e. The van der Waals surface area contributed by atoms with Crippen molar-refractivity contribution >= 4 is 17.4 Å². The number of anilines is 2. The lowest BCUT2D eigenvalue weighted by molar-refractivity contribution is -0.120. The summed E-state index contributed by atoms with van der Waals surface area (Å²) in [7, 11) is 1.58. The van der Waals surface area contributed by atoms with Gasteiger partial charge in [0.05, 0.1) is 7.11 Å². The number of amides is 1. The van der Waals surface area contributed by atoms with Gasteiger partial charge in [0.15, 0.2) is 5.82 Å². The molecule has 3 rings (SSSR count). The first-order chi connectivity index (χ1) is 13.2. The Kier molecular flexibility index (Phi) is 6.63. The van der Waals surface area contributed by atoms with E-state index in [0.29, 0.717) is 5.88 Å². The lowest BCUT2D eigenvalue weighted by atomic mass is 9.95. The Morgan fingerprint density at radius 2 is 1.89 bits per heavy atom. The molecule has 0 saturated carbocycles. The third-order valence-corrected chi connectivity index (χ3v) is 5.07. The lowest BCUT2D eigenvalue weighted by Gasteiger charge is -2.31. The van der Waals surface area contributed by atoms with Gasteiger partial charge in [-0.05, 0) is 49.4 Å². The van der Waals surface area contributed by atoms with E-state index >= 15 is 0 Å². The molecular weight excluding hydrogens is 340 g/mol. The number of ether oxygens (including phenoxy) is 1. The number of benzene rings is 1. The molecule has 1 fully saturated rings. The Morgan fingerprint density at radius 3 is 2.48 bits per heavy atom. The van der Waals surface area contributed by atoms with Crippen LogP contribution in [0.5, 0.6) is 5.88 Å². The van der Waals surface area contributed by atoms with Gasteiger partial charge in [-0.3, -0.25) is 4.79 Å². The second-order valence-corrected chi connectivity index (χ2v) is 6.98. The summed E-state index contributed by atoms with van der Waals surface area (Å²) in [5.74, 6) is 1.48. The maximum atomic E-state index is 12.6. The van der Waals surface area contributed by atoms with Gasteiger partial charge in [-0.2, -0.15) is 0 Å². The minimum atomic E-state index is 0.0345. The first kappa shape index (κ1) is 19.1. The molecule has 0 unspecified atom stereocenters. The van der Waals surface area contributed by atoms with Gasteiger partial charge < -0.3 is 15.0 Å². The Hall–Kier alpha value is -2.63. The Morgan fingerprint density at radius 1 is 1.15 bits per heavy atom. The number of nitrogens with one attached hydrogen (secondary N) is 1. The van der Waals surface area contributed by atoms with E-state index in [2.05, 4.69) is 39.5 Å². The van der Waals surface area contributed by atoms with E-state index in [1.807, 2.05) is 24.3 Å². The zero-order valence-corrected chi connectivity index (χ0v) is 16.1. The van der Waals surface area contributed by atoms with Gasteiger partial charge >= 0.3 is 0 Å². The lowest BCUT2D eigenvalue weighted by Crippen LogP contribution is -2.38. The topological polar surface area (TPSA) is 67.4 Å². The van der Waals surface area contributed by atoms with Gasteiger partial charge in [-0.25, -0.2) is 0 Å². The molecule has 1 aromatic heterocycles. The highest BCUT2D eigenvalue weighted by Gasteiger charge is 2.25. The summed E-state index contributed by atoms with van der Waals surface area (Å²) in [6.07, 6.45) is 5.11. The van der Waals surface area contributed by atoms with E-state index in [1.54, 1.807) is 7.11 Å². The van der Waals surface area contributed by atoms with E-state index in [-0.39, 0.29) is 11.8 Å². The van der Waals surface area contributed by atoms with Crippen LogP contribution in [0.15, 0.2) is 36.4 Å². The smallest absolute Gasteiger partial charge is 0.233 e. The number of aromatic nitrogens is 2. The van der Waals surface area contributed by atoms with Gasteiger partial charge in [0.2, 0.25) is 11.8 Å². The van der Waals surface area contributed by atoms with Gasteiger partial charge in [-0.1, -0.05) is 25.5 Å². The largest absolute Gasteiger partial charge is 0.480 e. The highest BCUT2D eigenvalue weighted by molar-refractivity contribution is 5.92. The fourth-order valence-electron chi connectivity index (χ4n) is 3.34. The Bertz CT molecular complexity index is 723. The van der Waals surface area contributed by atoms with Crippen LogP contribution in [0.1, 0.15) is 38.2 Å². The highest BCUT2D eigenvalue weighted by atomic mass is 16.5. The maximum absolute atomic E-state index is 12.6. The average molecular weight is 368 g/mol. The first-order valence-electron chi connectivity index (χ1n) is 9.72. The fourth-order valence-corrected chi connectivity index (χ4v) is 3.34. The number of carbonyl (C=O) groups excluding carboxylic acids is 1. The summed E-state index contributed by atoms with van der Waals surface area (Å²) >= 11 is 0. The van der Waals surface area contributed by atoms with E-state index in [0.717, 1.165) is 43.9 Å². The van der Waals surface area contributed by atoms with Gasteiger partial charge in [0.25, 0.3) is 0 Å². The molecule has 1 amide bonds. The molecule has 1 aliphatic heterocycles. The van der Waals surface area contributed by atoms with E-state index in [4.69, 9.17) is 4.74 Å². The monoisotopic (exact) mass is 368 g/mol. The summed E-state index contributed by atoms with van der Waals surface area (Å²) in [5, 5.41) is 11.3. The van der Waals surface area contributed by atoms with Crippen molar-refractivity contribution in [1.29, 1.82) is 0 Å².